The molecular formula is C11H12N2O4S. The van der Waals surface area contributed by atoms with Gasteiger partial charge in [0.1, 0.15) is 12.4 Å². The van der Waals surface area contributed by atoms with E-state index >= 15 is 0 Å². The SMILES string of the molecule is O=S(=O)(NCc1cccnc1)c1ccc(CO)o1. The van der Waals surface area contributed by atoms with E-state index in [1.807, 2.05) is 0 Å². The number of aromatic nitrogens is 1. The Hall–Kier alpha value is -1.70. The van der Waals surface area contributed by atoms with Crippen LogP contribution in [0.15, 0.2) is 46.2 Å². The largest absolute Gasteiger partial charge is 0.446 e. The molecule has 0 atom stereocenters. The Morgan fingerprint density at radius 2 is 2.17 bits per heavy atom. The van der Waals surface area contributed by atoms with Gasteiger partial charge in [-0.2, -0.15) is 0 Å². The lowest BCUT2D eigenvalue weighted by Crippen LogP contribution is -2.22. The van der Waals surface area contributed by atoms with Gasteiger partial charge < -0.3 is 9.52 Å². The van der Waals surface area contributed by atoms with E-state index in [2.05, 4.69) is 9.71 Å². The summed E-state index contributed by atoms with van der Waals surface area (Å²) in [4.78, 5) is 3.88. The van der Waals surface area contributed by atoms with Gasteiger partial charge in [0.05, 0.1) is 0 Å². The highest BCUT2D eigenvalue weighted by atomic mass is 32.2. The molecule has 2 aromatic rings. The number of nitrogens with zero attached hydrogens (tertiary/aromatic N) is 1. The van der Waals surface area contributed by atoms with E-state index in [1.54, 1.807) is 24.5 Å². The van der Waals surface area contributed by atoms with Crippen LogP contribution in [0.3, 0.4) is 0 Å². The monoisotopic (exact) mass is 268 g/mol. The van der Waals surface area contributed by atoms with Gasteiger partial charge in [0.2, 0.25) is 5.09 Å². The van der Waals surface area contributed by atoms with Crippen molar-refractivity contribution in [2.45, 2.75) is 18.2 Å². The van der Waals surface area contributed by atoms with Crippen molar-refractivity contribution in [2.24, 2.45) is 0 Å². The maximum absolute atomic E-state index is 11.8. The normalized spacial score (nSPS) is 11.6. The van der Waals surface area contributed by atoms with Crippen LogP contribution in [0, 0.1) is 0 Å². The lowest BCUT2D eigenvalue weighted by molar-refractivity contribution is 0.236. The number of furan rings is 1. The van der Waals surface area contributed by atoms with Crippen molar-refractivity contribution < 1.29 is 17.9 Å². The summed E-state index contributed by atoms with van der Waals surface area (Å²) < 4.78 is 31.0. The number of rotatable bonds is 5. The molecule has 2 heterocycles. The van der Waals surface area contributed by atoms with Crippen molar-refractivity contribution in [2.75, 3.05) is 0 Å². The molecule has 0 unspecified atom stereocenters. The van der Waals surface area contributed by atoms with Gasteiger partial charge in [0.25, 0.3) is 10.0 Å². The number of nitrogens with one attached hydrogen (secondary N) is 1. The summed E-state index contributed by atoms with van der Waals surface area (Å²) in [5.41, 5.74) is 0.745. The maximum Gasteiger partial charge on any atom is 0.274 e. The summed E-state index contributed by atoms with van der Waals surface area (Å²) in [7, 11) is -3.70. The first-order valence-electron chi connectivity index (χ1n) is 5.20. The highest BCUT2D eigenvalue weighted by Crippen LogP contribution is 2.14. The smallest absolute Gasteiger partial charge is 0.274 e. The minimum atomic E-state index is -3.70. The lowest BCUT2D eigenvalue weighted by atomic mass is 10.3. The predicted octanol–water partition coefficient (Wildman–Crippen LogP) is 0.645. The molecule has 0 fully saturated rings. The molecule has 0 aliphatic heterocycles. The number of aliphatic hydroxyl groups is 1. The molecule has 2 rings (SSSR count). The molecule has 2 aromatic heterocycles. The van der Waals surface area contributed by atoms with Gasteiger partial charge in [-0.25, -0.2) is 13.1 Å². The Labute approximate surface area is 104 Å². The minimum Gasteiger partial charge on any atom is -0.446 e. The Balaban J connectivity index is 2.08. The number of hydrogen-bond acceptors (Lipinski definition) is 5. The van der Waals surface area contributed by atoms with E-state index in [0.717, 1.165) is 5.56 Å². The highest BCUT2D eigenvalue weighted by Gasteiger charge is 2.18. The van der Waals surface area contributed by atoms with Crippen LogP contribution in [0.4, 0.5) is 0 Å². The third-order valence-electron chi connectivity index (χ3n) is 2.25. The van der Waals surface area contributed by atoms with Crippen LogP contribution >= 0.6 is 0 Å². The molecule has 0 amide bonds. The van der Waals surface area contributed by atoms with E-state index < -0.39 is 10.0 Å². The van der Waals surface area contributed by atoms with Crippen LogP contribution in [0.1, 0.15) is 11.3 Å². The zero-order chi connectivity index (χ0) is 13.0. The second kappa shape index (κ2) is 5.30. The lowest BCUT2D eigenvalue weighted by Gasteiger charge is -2.03. The Kier molecular flexibility index (Phi) is 3.75. The second-order valence-electron chi connectivity index (χ2n) is 3.56. The first kappa shape index (κ1) is 12.7. The van der Waals surface area contributed by atoms with Crippen molar-refractivity contribution in [3.8, 4) is 0 Å². The van der Waals surface area contributed by atoms with Crippen LogP contribution in [0.5, 0.6) is 0 Å². The Morgan fingerprint density at radius 3 is 2.78 bits per heavy atom. The number of hydrogen-bond donors (Lipinski definition) is 2. The van der Waals surface area contributed by atoms with Crippen LogP contribution in [-0.4, -0.2) is 18.5 Å². The van der Waals surface area contributed by atoms with Crippen molar-refractivity contribution >= 4 is 10.0 Å². The van der Waals surface area contributed by atoms with Gasteiger partial charge in [-0.1, -0.05) is 6.07 Å². The molecule has 2 N–H and O–H groups in total. The second-order valence-corrected chi connectivity index (χ2v) is 5.26. The third-order valence-corrected chi connectivity index (χ3v) is 3.52. The average Bonchev–Trinajstić information content (AvgIpc) is 2.87. The van der Waals surface area contributed by atoms with Crippen molar-refractivity contribution in [3.63, 3.8) is 0 Å². The van der Waals surface area contributed by atoms with E-state index in [1.165, 1.54) is 12.1 Å². The van der Waals surface area contributed by atoms with E-state index in [4.69, 9.17) is 9.52 Å². The number of sulfonamides is 1. The topological polar surface area (TPSA) is 92.4 Å². The van der Waals surface area contributed by atoms with Gasteiger partial charge in [0.15, 0.2) is 0 Å². The molecule has 96 valence electrons. The molecule has 0 aliphatic rings. The fourth-order valence-corrected chi connectivity index (χ4v) is 2.30. The zero-order valence-electron chi connectivity index (χ0n) is 9.41. The Bertz CT molecular complexity index is 607. The summed E-state index contributed by atoms with van der Waals surface area (Å²) in [6, 6.07) is 6.20. The first-order valence-corrected chi connectivity index (χ1v) is 6.68. The van der Waals surface area contributed by atoms with Crippen LogP contribution in [0.25, 0.3) is 0 Å². The quantitative estimate of drug-likeness (QED) is 0.830. The maximum atomic E-state index is 11.8. The minimum absolute atomic E-state index is 0.130. The van der Waals surface area contributed by atoms with Crippen LogP contribution < -0.4 is 4.72 Å². The molecule has 18 heavy (non-hydrogen) atoms. The molecule has 0 aliphatic carbocycles. The van der Waals surface area contributed by atoms with E-state index in [0.29, 0.717) is 0 Å². The van der Waals surface area contributed by atoms with E-state index in [9.17, 15) is 8.42 Å². The first-order chi connectivity index (χ1) is 8.62. The van der Waals surface area contributed by atoms with Gasteiger partial charge in [0, 0.05) is 18.9 Å². The van der Waals surface area contributed by atoms with Gasteiger partial charge >= 0.3 is 0 Å². The van der Waals surface area contributed by atoms with Crippen LogP contribution in [0.2, 0.25) is 0 Å². The Morgan fingerprint density at radius 1 is 1.33 bits per heavy atom. The number of pyridine rings is 1. The van der Waals surface area contributed by atoms with Gasteiger partial charge in [-0.3, -0.25) is 4.98 Å². The van der Waals surface area contributed by atoms with Crippen LogP contribution in [-0.2, 0) is 23.2 Å². The number of aliphatic hydroxyl groups excluding tert-OH is 1. The standard InChI is InChI=1S/C11H12N2O4S/c14-8-10-3-4-11(17-10)18(15,16)13-7-9-2-1-5-12-6-9/h1-6,13-14H,7-8H2. The molecule has 0 saturated heterocycles. The van der Waals surface area contributed by atoms with E-state index in [-0.39, 0.29) is 24.0 Å². The van der Waals surface area contributed by atoms with Gasteiger partial charge in [-0.15, -0.1) is 0 Å². The fourth-order valence-electron chi connectivity index (χ4n) is 1.34. The van der Waals surface area contributed by atoms with Crippen molar-refractivity contribution in [1.82, 2.24) is 9.71 Å². The molecular weight excluding hydrogens is 256 g/mol. The van der Waals surface area contributed by atoms with Crippen molar-refractivity contribution in [1.29, 1.82) is 0 Å². The molecule has 0 spiro atoms. The third kappa shape index (κ3) is 2.95. The predicted molar refractivity (Wildman–Crippen MR) is 62.9 cm³/mol. The molecule has 0 radical (unpaired) electrons. The summed E-state index contributed by atoms with van der Waals surface area (Å²) in [5, 5.41) is 8.59. The summed E-state index contributed by atoms with van der Waals surface area (Å²) >= 11 is 0. The molecule has 0 aromatic carbocycles. The fraction of sp³-hybridized carbons (Fsp3) is 0.182. The summed E-state index contributed by atoms with van der Waals surface area (Å²) in [5.74, 6) is 0.205. The zero-order valence-corrected chi connectivity index (χ0v) is 10.2. The molecule has 0 saturated carbocycles. The van der Waals surface area contributed by atoms with Gasteiger partial charge in [-0.05, 0) is 23.8 Å². The van der Waals surface area contributed by atoms with Crippen molar-refractivity contribution in [3.05, 3.63) is 48.0 Å². The molecule has 0 bridgehead atoms. The summed E-state index contributed by atoms with van der Waals surface area (Å²) in [6.07, 6.45) is 3.18. The molecule has 7 heteroatoms. The summed E-state index contributed by atoms with van der Waals surface area (Å²) in [6.45, 7) is -0.205. The average molecular weight is 268 g/mol. The highest BCUT2D eigenvalue weighted by molar-refractivity contribution is 7.89. The molecule has 6 nitrogen and oxygen atoms in total.